The van der Waals surface area contributed by atoms with E-state index in [2.05, 4.69) is 36.4 Å². The molecule has 0 amide bonds. The summed E-state index contributed by atoms with van der Waals surface area (Å²) in [4.78, 5) is 6.90. The highest BCUT2D eigenvalue weighted by Gasteiger charge is 2.13. The van der Waals surface area contributed by atoms with Crippen LogP contribution >= 0.6 is 15.9 Å². The Morgan fingerprint density at radius 2 is 2.00 bits per heavy atom. The summed E-state index contributed by atoms with van der Waals surface area (Å²) in [6.07, 6.45) is 2.65. The highest BCUT2D eigenvalue weighted by molar-refractivity contribution is 9.10. The van der Waals surface area contributed by atoms with Crippen molar-refractivity contribution < 1.29 is 0 Å². The first kappa shape index (κ1) is 12.0. The van der Waals surface area contributed by atoms with Crippen LogP contribution in [0.4, 0.5) is 5.95 Å². The van der Waals surface area contributed by atoms with Crippen molar-refractivity contribution in [2.24, 2.45) is 0 Å². The number of likely N-dealkylation sites (tertiary alicyclic amines) is 1. The Morgan fingerprint density at radius 3 is 2.78 bits per heavy atom. The third-order valence-electron chi connectivity index (χ3n) is 3.58. The average molecular weight is 309 g/mol. The molecule has 1 fully saturated rings. The molecule has 1 aromatic carbocycles. The van der Waals surface area contributed by atoms with E-state index in [0.29, 0.717) is 5.95 Å². The third-order valence-corrected chi connectivity index (χ3v) is 4.07. The van der Waals surface area contributed by atoms with Crippen molar-refractivity contribution in [3.63, 3.8) is 0 Å². The lowest BCUT2D eigenvalue weighted by atomic mass is 10.3. The summed E-state index contributed by atoms with van der Waals surface area (Å²) in [7, 11) is 0. The molecule has 2 heterocycles. The lowest BCUT2D eigenvalue weighted by Gasteiger charge is -2.15. The number of rotatable bonds is 3. The summed E-state index contributed by atoms with van der Waals surface area (Å²) in [5.74, 6) is 0.613. The fourth-order valence-corrected chi connectivity index (χ4v) is 2.95. The fraction of sp³-hybridized carbons (Fsp3) is 0.462. The van der Waals surface area contributed by atoms with Crippen LogP contribution in [0.1, 0.15) is 12.8 Å². The Kier molecular flexibility index (Phi) is 3.26. The Bertz CT molecular complexity index is 557. The van der Waals surface area contributed by atoms with E-state index in [9.17, 15) is 0 Å². The van der Waals surface area contributed by atoms with Crippen LogP contribution in [0.5, 0.6) is 0 Å². The summed E-state index contributed by atoms with van der Waals surface area (Å²) in [5.41, 5.74) is 8.09. The predicted octanol–water partition coefficient (Wildman–Crippen LogP) is 2.48. The zero-order valence-electron chi connectivity index (χ0n) is 10.3. The van der Waals surface area contributed by atoms with E-state index in [1.165, 1.54) is 25.9 Å². The van der Waals surface area contributed by atoms with Crippen molar-refractivity contribution in [1.82, 2.24) is 14.5 Å². The minimum Gasteiger partial charge on any atom is -0.369 e. The monoisotopic (exact) mass is 308 g/mol. The SMILES string of the molecule is Nc1nc2cc(Br)ccc2n1CCN1CCCC1. The van der Waals surface area contributed by atoms with Gasteiger partial charge >= 0.3 is 0 Å². The molecule has 1 saturated heterocycles. The first-order valence-electron chi connectivity index (χ1n) is 6.38. The zero-order valence-corrected chi connectivity index (χ0v) is 11.9. The molecule has 0 radical (unpaired) electrons. The van der Waals surface area contributed by atoms with E-state index in [0.717, 1.165) is 28.6 Å². The number of imidazole rings is 1. The third kappa shape index (κ3) is 2.24. The van der Waals surface area contributed by atoms with Crippen LogP contribution in [0.3, 0.4) is 0 Å². The largest absolute Gasteiger partial charge is 0.369 e. The van der Waals surface area contributed by atoms with E-state index in [1.807, 2.05) is 12.1 Å². The second-order valence-corrected chi connectivity index (χ2v) is 5.72. The van der Waals surface area contributed by atoms with E-state index >= 15 is 0 Å². The molecule has 1 aliphatic rings. The predicted molar refractivity (Wildman–Crippen MR) is 77.5 cm³/mol. The van der Waals surface area contributed by atoms with Crippen molar-refractivity contribution in [3.05, 3.63) is 22.7 Å². The minimum absolute atomic E-state index is 0.613. The van der Waals surface area contributed by atoms with Crippen molar-refractivity contribution in [2.75, 3.05) is 25.4 Å². The smallest absolute Gasteiger partial charge is 0.201 e. The Hall–Kier alpha value is -1.07. The van der Waals surface area contributed by atoms with Gasteiger partial charge in [0.05, 0.1) is 11.0 Å². The van der Waals surface area contributed by atoms with Gasteiger partial charge in [-0.05, 0) is 44.1 Å². The minimum atomic E-state index is 0.613. The Labute approximate surface area is 115 Å². The zero-order chi connectivity index (χ0) is 12.5. The van der Waals surface area contributed by atoms with Gasteiger partial charge in [-0.15, -0.1) is 0 Å². The average Bonchev–Trinajstić information content (AvgIpc) is 2.93. The number of anilines is 1. The summed E-state index contributed by atoms with van der Waals surface area (Å²) < 4.78 is 3.15. The van der Waals surface area contributed by atoms with Gasteiger partial charge in [0.2, 0.25) is 5.95 Å². The van der Waals surface area contributed by atoms with Gasteiger partial charge in [0.15, 0.2) is 0 Å². The summed E-state index contributed by atoms with van der Waals surface area (Å²) in [5, 5.41) is 0. The molecule has 5 heteroatoms. The molecule has 2 N–H and O–H groups in total. The number of aromatic nitrogens is 2. The number of hydrogen-bond donors (Lipinski definition) is 1. The summed E-state index contributed by atoms with van der Waals surface area (Å²) in [6.45, 7) is 4.42. The molecular weight excluding hydrogens is 292 g/mol. The van der Waals surface area contributed by atoms with Gasteiger partial charge in [-0.1, -0.05) is 15.9 Å². The van der Waals surface area contributed by atoms with Gasteiger partial charge in [-0.2, -0.15) is 0 Å². The van der Waals surface area contributed by atoms with Crippen LogP contribution in [0, 0.1) is 0 Å². The van der Waals surface area contributed by atoms with E-state index < -0.39 is 0 Å². The van der Waals surface area contributed by atoms with Crippen LogP contribution < -0.4 is 5.73 Å². The van der Waals surface area contributed by atoms with Crippen molar-refractivity contribution in [1.29, 1.82) is 0 Å². The van der Waals surface area contributed by atoms with Crippen LogP contribution in [0.15, 0.2) is 22.7 Å². The number of benzene rings is 1. The Morgan fingerprint density at radius 1 is 1.22 bits per heavy atom. The molecule has 0 bridgehead atoms. The van der Waals surface area contributed by atoms with Gasteiger partial charge in [0.25, 0.3) is 0 Å². The molecule has 0 aliphatic carbocycles. The lowest BCUT2D eigenvalue weighted by Crippen LogP contribution is -2.24. The quantitative estimate of drug-likeness (QED) is 0.947. The normalized spacial score (nSPS) is 16.7. The summed E-state index contributed by atoms with van der Waals surface area (Å²) in [6, 6.07) is 6.13. The molecule has 0 unspecified atom stereocenters. The first-order chi connectivity index (χ1) is 8.74. The molecule has 3 rings (SSSR count). The number of nitrogens with two attached hydrogens (primary N) is 1. The topological polar surface area (TPSA) is 47.1 Å². The second kappa shape index (κ2) is 4.90. The highest BCUT2D eigenvalue weighted by Crippen LogP contribution is 2.22. The standard InChI is InChI=1S/C13H17BrN4/c14-10-3-4-12-11(9-10)16-13(15)18(12)8-7-17-5-1-2-6-17/h3-4,9H,1-2,5-8H2,(H2,15,16). The van der Waals surface area contributed by atoms with E-state index in [4.69, 9.17) is 5.73 Å². The Balaban J connectivity index is 1.84. The lowest BCUT2D eigenvalue weighted by molar-refractivity contribution is 0.325. The maximum absolute atomic E-state index is 6.01. The highest BCUT2D eigenvalue weighted by atomic mass is 79.9. The van der Waals surface area contributed by atoms with Crippen molar-refractivity contribution >= 4 is 32.9 Å². The molecule has 18 heavy (non-hydrogen) atoms. The molecule has 96 valence electrons. The molecule has 0 spiro atoms. The van der Waals surface area contributed by atoms with Gasteiger partial charge in [0.1, 0.15) is 0 Å². The van der Waals surface area contributed by atoms with Crippen LogP contribution in [-0.2, 0) is 6.54 Å². The van der Waals surface area contributed by atoms with E-state index in [1.54, 1.807) is 0 Å². The number of nitrogen functional groups attached to an aromatic ring is 1. The van der Waals surface area contributed by atoms with Crippen LogP contribution in [0.25, 0.3) is 11.0 Å². The molecule has 1 aromatic heterocycles. The number of fused-ring (bicyclic) bond motifs is 1. The molecule has 4 nitrogen and oxygen atoms in total. The van der Waals surface area contributed by atoms with Gasteiger partial charge < -0.3 is 15.2 Å². The fourth-order valence-electron chi connectivity index (χ4n) is 2.60. The molecular formula is C13H17BrN4. The van der Waals surface area contributed by atoms with Gasteiger partial charge in [-0.25, -0.2) is 4.98 Å². The van der Waals surface area contributed by atoms with Crippen molar-refractivity contribution in [2.45, 2.75) is 19.4 Å². The maximum Gasteiger partial charge on any atom is 0.201 e. The van der Waals surface area contributed by atoms with Crippen LogP contribution in [0.2, 0.25) is 0 Å². The number of nitrogens with zero attached hydrogens (tertiary/aromatic N) is 3. The summed E-state index contributed by atoms with van der Waals surface area (Å²) >= 11 is 3.46. The number of hydrogen-bond acceptors (Lipinski definition) is 3. The van der Waals surface area contributed by atoms with Crippen LogP contribution in [-0.4, -0.2) is 34.1 Å². The molecule has 0 atom stereocenters. The van der Waals surface area contributed by atoms with E-state index in [-0.39, 0.29) is 0 Å². The first-order valence-corrected chi connectivity index (χ1v) is 7.17. The number of halogens is 1. The molecule has 1 aliphatic heterocycles. The molecule has 0 saturated carbocycles. The van der Waals surface area contributed by atoms with Gasteiger partial charge in [-0.3, -0.25) is 0 Å². The molecule has 2 aromatic rings. The van der Waals surface area contributed by atoms with Crippen molar-refractivity contribution in [3.8, 4) is 0 Å². The van der Waals surface area contributed by atoms with Gasteiger partial charge in [0, 0.05) is 17.6 Å². The second-order valence-electron chi connectivity index (χ2n) is 4.80. The maximum atomic E-state index is 6.01.